The molecular weight excluding hydrogens is 208 g/mol. The predicted molar refractivity (Wildman–Crippen MR) is 74.6 cm³/mol. The molecular formula is C15H22N2. The maximum absolute atomic E-state index is 5.75. The molecule has 0 aliphatic heterocycles. The number of H-pyrrole nitrogens is 1. The number of aromatic amines is 1. The first-order valence-electron chi connectivity index (χ1n) is 6.36. The maximum Gasteiger partial charge on any atom is 0.0459 e. The lowest BCUT2D eigenvalue weighted by atomic mass is 9.99. The summed E-state index contributed by atoms with van der Waals surface area (Å²) in [6.07, 6.45) is 0. The zero-order valence-electron chi connectivity index (χ0n) is 11.2. The van der Waals surface area contributed by atoms with Crippen LogP contribution in [0, 0.1) is 6.92 Å². The van der Waals surface area contributed by atoms with Crippen LogP contribution in [0.5, 0.6) is 0 Å². The number of nitrogens with one attached hydrogen (secondary N) is 1. The molecule has 1 atom stereocenters. The highest BCUT2D eigenvalue weighted by atomic mass is 14.7. The second-order valence-electron chi connectivity index (χ2n) is 5.26. The number of rotatable bonds is 3. The van der Waals surface area contributed by atoms with Crippen molar-refractivity contribution in [3.63, 3.8) is 0 Å². The van der Waals surface area contributed by atoms with Gasteiger partial charge in [-0.25, -0.2) is 0 Å². The van der Waals surface area contributed by atoms with Gasteiger partial charge in [-0.15, -0.1) is 0 Å². The Labute approximate surface area is 103 Å². The van der Waals surface area contributed by atoms with Crippen LogP contribution in [0.1, 0.15) is 49.4 Å². The largest absolute Gasteiger partial charge is 0.358 e. The summed E-state index contributed by atoms with van der Waals surface area (Å²) in [7, 11) is 0. The average Bonchev–Trinajstić information content (AvgIpc) is 2.65. The first kappa shape index (κ1) is 12.2. The number of hydrogen-bond donors (Lipinski definition) is 2. The highest BCUT2D eigenvalue weighted by Gasteiger charge is 2.13. The van der Waals surface area contributed by atoms with Gasteiger partial charge in [0.25, 0.3) is 0 Å². The molecule has 0 radical (unpaired) electrons. The SMILES string of the molecule is Cc1c(C(C)CN)[nH]c2ccc(C(C)C)cc12. The molecule has 0 bridgehead atoms. The minimum atomic E-state index is 0.393. The molecule has 2 aromatic rings. The quantitative estimate of drug-likeness (QED) is 0.830. The Hall–Kier alpha value is -1.28. The zero-order valence-corrected chi connectivity index (χ0v) is 11.2. The summed E-state index contributed by atoms with van der Waals surface area (Å²) in [5, 5.41) is 1.34. The number of fused-ring (bicyclic) bond motifs is 1. The summed E-state index contributed by atoms with van der Waals surface area (Å²) in [6.45, 7) is 9.50. The fourth-order valence-electron chi connectivity index (χ4n) is 2.33. The Kier molecular flexibility index (Phi) is 3.25. The standard InChI is InChI=1S/C15H22N2/c1-9(2)12-5-6-14-13(7-12)11(4)15(17-14)10(3)8-16/h5-7,9-10,17H,8,16H2,1-4H3. The van der Waals surface area contributed by atoms with E-state index in [0.29, 0.717) is 18.4 Å². The Bertz CT molecular complexity index is 523. The van der Waals surface area contributed by atoms with Crippen LogP contribution in [-0.2, 0) is 0 Å². The summed E-state index contributed by atoms with van der Waals surface area (Å²) in [5.41, 5.74) is 11.0. The Balaban J connectivity index is 2.58. The van der Waals surface area contributed by atoms with Crippen LogP contribution in [0.3, 0.4) is 0 Å². The monoisotopic (exact) mass is 230 g/mol. The molecule has 0 saturated heterocycles. The van der Waals surface area contributed by atoms with E-state index in [0.717, 1.165) is 0 Å². The molecule has 3 N–H and O–H groups in total. The number of aryl methyl sites for hydroxylation is 1. The van der Waals surface area contributed by atoms with E-state index in [4.69, 9.17) is 5.73 Å². The first-order valence-corrected chi connectivity index (χ1v) is 6.36. The molecule has 2 rings (SSSR count). The van der Waals surface area contributed by atoms with E-state index in [2.05, 4.69) is 50.9 Å². The Morgan fingerprint density at radius 3 is 2.53 bits per heavy atom. The molecule has 1 aromatic heterocycles. The molecule has 0 aliphatic rings. The minimum Gasteiger partial charge on any atom is -0.358 e. The van der Waals surface area contributed by atoms with Crippen molar-refractivity contribution in [2.45, 2.75) is 39.5 Å². The summed E-state index contributed by atoms with van der Waals surface area (Å²) in [6, 6.07) is 6.70. The van der Waals surface area contributed by atoms with Crippen molar-refractivity contribution in [3.05, 3.63) is 35.0 Å². The van der Waals surface area contributed by atoms with Gasteiger partial charge < -0.3 is 10.7 Å². The highest BCUT2D eigenvalue weighted by Crippen LogP contribution is 2.29. The van der Waals surface area contributed by atoms with Crippen molar-refractivity contribution in [3.8, 4) is 0 Å². The van der Waals surface area contributed by atoms with Gasteiger partial charge in [0.2, 0.25) is 0 Å². The van der Waals surface area contributed by atoms with E-state index in [1.807, 2.05) is 0 Å². The van der Waals surface area contributed by atoms with Gasteiger partial charge in [-0.1, -0.05) is 26.8 Å². The van der Waals surface area contributed by atoms with Crippen LogP contribution in [0.25, 0.3) is 10.9 Å². The normalized spacial score (nSPS) is 13.5. The molecule has 0 aliphatic carbocycles. The van der Waals surface area contributed by atoms with E-state index < -0.39 is 0 Å². The van der Waals surface area contributed by atoms with Crippen molar-refractivity contribution in [1.29, 1.82) is 0 Å². The van der Waals surface area contributed by atoms with Crippen LogP contribution < -0.4 is 5.73 Å². The lowest BCUT2D eigenvalue weighted by Crippen LogP contribution is -2.10. The number of benzene rings is 1. The molecule has 0 saturated carbocycles. The number of hydrogen-bond acceptors (Lipinski definition) is 1. The van der Waals surface area contributed by atoms with Gasteiger partial charge in [0, 0.05) is 29.1 Å². The van der Waals surface area contributed by atoms with Crippen molar-refractivity contribution in [1.82, 2.24) is 4.98 Å². The van der Waals surface area contributed by atoms with Crippen molar-refractivity contribution in [2.24, 2.45) is 5.73 Å². The summed E-state index contributed by atoms with van der Waals surface area (Å²) < 4.78 is 0. The van der Waals surface area contributed by atoms with Gasteiger partial charge in [0.15, 0.2) is 0 Å². The van der Waals surface area contributed by atoms with E-state index in [-0.39, 0.29) is 0 Å². The molecule has 0 spiro atoms. The molecule has 1 aromatic carbocycles. The van der Waals surface area contributed by atoms with Gasteiger partial charge in [-0.3, -0.25) is 0 Å². The topological polar surface area (TPSA) is 41.8 Å². The van der Waals surface area contributed by atoms with E-state index in [9.17, 15) is 0 Å². The summed E-state index contributed by atoms with van der Waals surface area (Å²) in [4.78, 5) is 3.50. The maximum atomic E-state index is 5.75. The molecule has 2 heteroatoms. The predicted octanol–water partition coefficient (Wildman–Crippen LogP) is 3.66. The Morgan fingerprint density at radius 2 is 1.94 bits per heavy atom. The third-order valence-corrected chi connectivity index (χ3v) is 3.63. The van der Waals surface area contributed by atoms with Crippen molar-refractivity contribution >= 4 is 10.9 Å². The van der Waals surface area contributed by atoms with E-state index >= 15 is 0 Å². The molecule has 0 amide bonds. The number of nitrogens with two attached hydrogens (primary N) is 1. The van der Waals surface area contributed by atoms with Gasteiger partial charge >= 0.3 is 0 Å². The van der Waals surface area contributed by atoms with Crippen LogP contribution >= 0.6 is 0 Å². The lowest BCUT2D eigenvalue weighted by molar-refractivity contribution is 0.748. The Morgan fingerprint density at radius 1 is 1.24 bits per heavy atom. The molecule has 1 unspecified atom stereocenters. The average molecular weight is 230 g/mol. The van der Waals surface area contributed by atoms with Crippen molar-refractivity contribution < 1.29 is 0 Å². The second-order valence-corrected chi connectivity index (χ2v) is 5.26. The third-order valence-electron chi connectivity index (χ3n) is 3.63. The van der Waals surface area contributed by atoms with Crippen molar-refractivity contribution in [2.75, 3.05) is 6.54 Å². The molecule has 1 heterocycles. The van der Waals surface area contributed by atoms with Gasteiger partial charge in [-0.05, 0) is 36.1 Å². The second kappa shape index (κ2) is 4.53. The number of aromatic nitrogens is 1. The zero-order chi connectivity index (χ0) is 12.6. The molecule has 17 heavy (non-hydrogen) atoms. The van der Waals surface area contributed by atoms with Crippen LogP contribution in [0.2, 0.25) is 0 Å². The van der Waals surface area contributed by atoms with Gasteiger partial charge in [0.05, 0.1) is 0 Å². The minimum absolute atomic E-state index is 0.393. The van der Waals surface area contributed by atoms with E-state index in [1.54, 1.807) is 0 Å². The summed E-state index contributed by atoms with van der Waals surface area (Å²) in [5.74, 6) is 0.967. The lowest BCUT2D eigenvalue weighted by Gasteiger charge is -2.07. The van der Waals surface area contributed by atoms with Crippen LogP contribution in [0.4, 0.5) is 0 Å². The summed E-state index contributed by atoms with van der Waals surface area (Å²) >= 11 is 0. The molecule has 2 nitrogen and oxygen atoms in total. The van der Waals surface area contributed by atoms with Crippen LogP contribution in [-0.4, -0.2) is 11.5 Å². The molecule has 0 fully saturated rings. The van der Waals surface area contributed by atoms with Gasteiger partial charge in [-0.2, -0.15) is 0 Å². The third kappa shape index (κ3) is 2.09. The molecule has 92 valence electrons. The fourth-order valence-corrected chi connectivity index (χ4v) is 2.33. The van der Waals surface area contributed by atoms with Gasteiger partial charge in [0.1, 0.15) is 0 Å². The van der Waals surface area contributed by atoms with Crippen LogP contribution in [0.15, 0.2) is 18.2 Å². The fraction of sp³-hybridized carbons (Fsp3) is 0.467. The van der Waals surface area contributed by atoms with E-state index in [1.165, 1.54) is 27.7 Å². The first-order chi connectivity index (χ1) is 8.04. The highest BCUT2D eigenvalue weighted by molar-refractivity contribution is 5.85. The smallest absolute Gasteiger partial charge is 0.0459 e.